The van der Waals surface area contributed by atoms with Crippen LogP contribution in [0.2, 0.25) is 5.02 Å². The average molecular weight is 302 g/mol. The number of nitrogens with two attached hydrogens (primary N) is 1. The smallest absolute Gasteiger partial charge is 0.339 e. The first-order valence-electron chi connectivity index (χ1n) is 5.98. The lowest BCUT2D eigenvalue weighted by atomic mass is 10.2. The van der Waals surface area contributed by atoms with Crippen molar-refractivity contribution in [2.45, 2.75) is 29.6 Å². The van der Waals surface area contributed by atoms with Gasteiger partial charge in [0.25, 0.3) is 0 Å². The second-order valence-electron chi connectivity index (χ2n) is 4.39. The fraction of sp³-hybridized carbons (Fsp3) is 0.462. The molecule has 0 aliphatic carbocycles. The van der Waals surface area contributed by atoms with Gasteiger partial charge in [-0.1, -0.05) is 11.6 Å². The Kier molecular flexibility index (Phi) is 4.60. The van der Waals surface area contributed by atoms with Gasteiger partial charge in [-0.15, -0.1) is 11.8 Å². The fourth-order valence-corrected chi connectivity index (χ4v) is 3.60. The predicted molar refractivity (Wildman–Crippen MR) is 76.9 cm³/mol. The van der Waals surface area contributed by atoms with Gasteiger partial charge >= 0.3 is 5.97 Å². The number of thioether (sulfide) groups is 1. The molecule has 6 heteroatoms. The van der Waals surface area contributed by atoms with Crippen molar-refractivity contribution in [2.75, 3.05) is 19.5 Å². The van der Waals surface area contributed by atoms with Crippen molar-refractivity contribution in [3.8, 4) is 0 Å². The molecular formula is C13H16ClNO3S. The summed E-state index contributed by atoms with van der Waals surface area (Å²) < 4.78 is 10.3. The van der Waals surface area contributed by atoms with Crippen molar-refractivity contribution in [2.24, 2.45) is 0 Å². The number of hydrogen-bond donors (Lipinski definition) is 1. The molecule has 0 saturated carbocycles. The molecule has 1 aliphatic heterocycles. The number of ether oxygens (including phenoxy) is 2. The van der Waals surface area contributed by atoms with E-state index in [9.17, 15) is 4.79 Å². The number of nitrogen functional groups attached to an aromatic ring is 1. The number of anilines is 1. The molecule has 4 nitrogen and oxygen atoms in total. The molecule has 1 aromatic rings. The summed E-state index contributed by atoms with van der Waals surface area (Å²) in [7, 11) is 1.34. The monoisotopic (exact) mass is 301 g/mol. The highest BCUT2D eigenvalue weighted by atomic mass is 35.5. The first-order chi connectivity index (χ1) is 9.02. The highest BCUT2D eigenvalue weighted by molar-refractivity contribution is 8.00. The standard InChI is InChI=1S/C13H16ClNO3S/c1-7-11(3-4-18-7)19-12-9(13(16)17-2)5-8(15)6-10(12)14/h5-7,11H,3-4,15H2,1-2H3. The molecule has 0 radical (unpaired) electrons. The molecular weight excluding hydrogens is 286 g/mol. The summed E-state index contributed by atoms with van der Waals surface area (Å²) in [5, 5.41) is 0.758. The van der Waals surface area contributed by atoms with Crippen LogP contribution in [0.25, 0.3) is 0 Å². The zero-order valence-corrected chi connectivity index (χ0v) is 12.4. The van der Waals surface area contributed by atoms with E-state index in [-0.39, 0.29) is 11.4 Å². The number of esters is 1. The first kappa shape index (κ1) is 14.5. The minimum atomic E-state index is -0.428. The van der Waals surface area contributed by atoms with Crippen molar-refractivity contribution in [3.05, 3.63) is 22.7 Å². The van der Waals surface area contributed by atoms with E-state index in [0.717, 1.165) is 13.0 Å². The van der Waals surface area contributed by atoms with E-state index in [1.54, 1.807) is 23.9 Å². The summed E-state index contributed by atoms with van der Waals surface area (Å²) in [5.74, 6) is -0.428. The van der Waals surface area contributed by atoms with Crippen molar-refractivity contribution in [1.29, 1.82) is 0 Å². The lowest BCUT2D eigenvalue weighted by Crippen LogP contribution is -2.14. The number of carbonyl (C=O) groups excluding carboxylic acids is 1. The van der Waals surface area contributed by atoms with E-state index in [0.29, 0.717) is 21.2 Å². The highest BCUT2D eigenvalue weighted by Gasteiger charge is 2.28. The molecule has 2 rings (SSSR count). The molecule has 19 heavy (non-hydrogen) atoms. The maximum absolute atomic E-state index is 11.8. The maximum atomic E-state index is 11.8. The molecule has 1 saturated heterocycles. The van der Waals surface area contributed by atoms with Gasteiger partial charge in [0.15, 0.2) is 0 Å². The molecule has 1 aromatic carbocycles. The van der Waals surface area contributed by atoms with Crippen molar-refractivity contribution in [3.63, 3.8) is 0 Å². The third-order valence-corrected chi connectivity index (χ3v) is 5.05. The lowest BCUT2D eigenvalue weighted by molar-refractivity contribution is 0.0596. The molecule has 1 heterocycles. The van der Waals surface area contributed by atoms with Gasteiger partial charge in [-0.3, -0.25) is 0 Å². The van der Waals surface area contributed by atoms with Crippen LogP contribution in [0.1, 0.15) is 23.7 Å². The van der Waals surface area contributed by atoms with Crippen LogP contribution in [0, 0.1) is 0 Å². The molecule has 2 atom stereocenters. The zero-order chi connectivity index (χ0) is 14.0. The van der Waals surface area contributed by atoms with Gasteiger partial charge in [0.05, 0.1) is 23.8 Å². The molecule has 1 aliphatic rings. The average Bonchev–Trinajstić information content (AvgIpc) is 2.77. The number of hydrogen-bond acceptors (Lipinski definition) is 5. The normalized spacial score (nSPS) is 22.5. The van der Waals surface area contributed by atoms with E-state index in [1.807, 2.05) is 6.92 Å². The van der Waals surface area contributed by atoms with Crippen LogP contribution in [-0.2, 0) is 9.47 Å². The second kappa shape index (κ2) is 6.03. The molecule has 0 aromatic heterocycles. The number of methoxy groups -OCH3 is 1. The number of halogens is 1. The topological polar surface area (TPSA) is 61.5 Å². The van der Waals surface area contributed by atoms with E-state index in [1.165, 1.54) is 7.11 Å². The minimum Gasteiger partial charge on any atom is -0.465 e. The maximum Gasteiger partial charge on any atom is 0.339 e. The zero-order valence-electron chi connectivity index (χ0n) is 10.8. The molecule has 2 N–H and O–H groups in total. The Hall–Kier alpha value is -0.910. The van der Waals surface area contributed by atoms with E-state index in [4.69, 9.17) is 26.8 Å². The van der Waals surface area contributed by atoms with Gasteiger partial charge in [0, 0.05) is 22.4 Å². The molecule has 2 unspecified atom stereocenters. The molecule has 0 bridgehead atoms. The van der Waals surface area contributed by atoms with Crippen LogP contribution in [0.5, 0.6) is 0 Å². The molecule has 104 valence electrons. The third-order valence-electron chi connectivity index (χ3n) is 3.05. The quantitative estimate of drug-likeness (QED) is 0.687. The SMILES string of the molecule is COC(=O)c1cc(N)cc(Cl)c1SC1CCOC1C. The number of benzene rings is 1. The molecule has 0 amide bonds. The lowest BCUT2D eigenvalue weighted by Gasteiger charge is -2.17. The van der Waals surface area contributed by atoms with Crippen LogP contribution in [0.15, 0.2) is 17.0 Å². The van der Waals surface area contributed by atoms with E-state index in [2.05, 4.69) is 0 Å². The van der Waals surface area contributed by atoms with E-state index >= 15 is 0 Å². The Balaban J connectivity index is 2.34. The van der Waals surface area contributed by atoms with Gasteiger partial charge in [0.2, 0.25) is 0 Å². The number of rotatable bonds is 3. The largest absolute Gasteiger partial charge is 0.465 e. The summed E-state index contributed by atoms with van der Waals surface area (Å²) in [6.07, 6.45) is 1.08. The molecule has 1 fully saturated rings. The van der Waals surface area contributed by atoms with Crippen LogP contribution >= 0.6 is 23.4 Å². The van der Waals surface area contributed by atoms with Gasteiger partial charge < -0.3 is 15.2 Å². The minimum absolute atomic E-state index is 0.143. The van der Waals surface area contributed by atoms with Gasteiger partial charge in [0.1, 0.15) is 0 Å². The van der Waals surface area contributed by atoms with Crippen molar-refractivity contribution >= 4 is 35.0 Å². The predicted octanol–water partition coefficient (Wildman–Crippen LogP) is 2.98. The Labute approximate surface area is 121 Å². The Morgan fingerprint density at radius 3 is 2.89 bits per heavy atom. The first-order valence-corrected chi connectivity index (χ1v) is 7.24. The summed E-state index contributed by atoms with van der Waals surface area (Å²) in [6.45, 7) is 2.76. The Morgan fingerprint density at radius 2 is 2.32 bits per heavy atom. The van der Waals surface area contributed by atoms with Crippen LogP contribution in [0.3, 0.4) is 0 Å². The van der Waals surface area contributed by atoms with Crippen LogP contribution in [0.4, 0.5) is 5.69 Å². The summed E-state index contributed by atoms with van der Waals surface area (Å²) >= 11 is 7.76. The van der Waals surface area contributed by atoms with Gasteiger partial charge in [-0.2, -0.15) is 0 Å². The van der Waals surface area contributed by atoms with Crippen molar-refractivity contribution in [1.82, 2.24) is 0 Å². The fourth-order valence-electron chi connectivity index (χ4n) is 2.01. The highest BCUT2D eigenvalue weighted by Crippen LogP contribution is 2.39. The number of carbonyl (C=O) groups is 1. The summed E-state index contributed by atoms with van der Waals surface area (Å²) in [4.78, 5) is 12.5. The van der Waals surface area contributed by atoms with Crippen LogP contribution < -0.4 is 5.73 Å². The second-order valence-corrected chi connectivity index (χ2v) is 6.05. The third kappa shape index (κ3) is 3.16. The van der Waals surface area contributed by atoms with Crippen molar-refractivity contribution < 1.29 is 14.3 Å². The van der Waals surface area contributed by atoms with E-state index < -0.39 is 5.97 Å². The van der Waals surface area contributed by atoms with Gasteiger partial charge in [-0.05, 0) is 25.5 Å². The van der Waals surface area contributed by atoms with Crippen LogP contribution in [-0.4, -0.2) is 31.0 Å². The van der Waals surface area contributed by atoms with Gasteiger partial charge in [-0.25, -0.2) is 4.79 Å². The summed E-state index contributed by atoms with van der Waals surface area (Å²) in [5.41, 5.74) is 6.59. The Morgan fingerprint density at radius 1 is 1.58 bits per heavy atom. The summed E-state index contributed by atoms with van der Waals surface area (Å²) in [6, 6.07) is 3.25. The molecule has 0 spiro atoms. The Bertz CT molecular complexity index is 495.